The van der Waals surface area contributed by atoms with Crippen molar-refractivity contribution in [2.75, 3.05) is 31.1 Å². The molecule has 2 aromatic rings. The van der Waals surface area contributed by atoms with Crippen molar-refractivity contribution < 1.29 is 27.9 Å². The fourth-order valence-corrected chi connectivity index (χ4v) is 3.93. The van der Waals surface area contributed by atoms with Gasteiger partial charge in [-0.1, -0.05) is 6.07 Å². The van der Waals surface area contributed by atoms with Crippen LogP contribution in [-0.4, -0.2) is 69.2 Å². The minimum atomic E-state index is -5.08. The molecule has 1 N–H and O–H groups in total. The van der Waals surface area contributed by atoms with E-state index in [0.717, 1.165) is 51.4 Å². The summed E-state index contributed by atoms with van der Waals surface area (Å²) in [4.78, 5) is 38.7. The highest BCUT2D eigenvalue weighted by molar-refractivity contribution is 5.92. The first kappa shape index (κ1) is 22.4. The Kier molecular flexibility index (Phi) is 6.71. The van der Waals surface area contributed by atoms with Crippen LogP contribution in [0.2, 0.25) is 0 Å². The third-order valence-electron chi connectivity index (χ3n) is 5.35. The van der Waals surface area contributed by atoms with Gasteiger partial charge in [-0.05, 0) is 37.5 Å². The van der Waals surface area contributed by atoms with Gasteiger partial charge in [0.1, 0.15) is 5.69 Å². The Bertz CT molecular complexity index is 898. The summed E-state index contributed by atoms with van der Waals surface area (Å²) in [5.74, 6) is -1.92. The SMILES string of the molecule is O=C(O)C(F)(F)F.O=C(c1ccccn1)N1CCC2(CCCN(c3ncccn3)C2)C1. The fourth-order valence-electron chi connectivity index (χ4n) is 3.93. The highest BCUT2D eigenvalue weighted by Gasteiger charge is 2.43. The van der Waals surface area contributed by atoms with E-state index in [1.54, 1.807) is 24.7 Å². The van der Waals surface area contributed by atoms with Crippen molar-refractivity contribution in [2.24, 2.45) is 5.41 Å². The number of carbonyl (C=O) groups is 2. The summed E-state index contributed by atoms with van der Waals surface area (Å²) in [6.45, 7) is 3.51. The Morgan fingerprint density at radius 1 is 0.968 bits per heavy atom. The largest absolute Gasteiger partial charge is 0.490 e. The van der Waals surface area contributed by atoms with E-state index in [2.05, 4.69) is 19.9 Å². The van der Waals surface area contributed by atoms with Crippen LogP contribution in [0.25, 0.3) is 0 Å². The molecule has 2 fully saturated rings. The molecule has 0 aromatic carbocycles. The number of likely N-dealkylation sites (tertiary alicyclic amines) is 1. The third kappa shape index (κ3) is 5.68. The van der Waals surface area contributed by atoms with E-state index in [1.807, 2.05) is 23.1 Å². The molecule has 4 heterocycles. The molecular formula is C20H22F3N5O3. The fraction of sp³-hybridized carbons (Fsp3) is 0.450. The number of anilines is 1. The standard InChI is InChI=1S/C18H21N5O.C2HF3O2/c24-16(15-5-1-2-8-19-15)22-12-7-18(13-22)6-3-11-23(14-18)17-20-9-4-10-21-17;3-2(4,5)1(6)7/h1-2,4-5,8-10H,3,6-7,11-14H2;(H,6,7). The average molecular weight is 437 g/mol. The lowest BCUT2D eigenvalue weighted by atomic mass is 9.79. The summed E-state index contributed by atoms with van der Waals surface area (Å²) >= 11 is 0. The van der Waals surface area contributed by atoms with Crippen LogP contribution in [-0.2, 0) is 4.79 Å². The summed E-state index contributed by atoms with van der Waals surface area (Å²) in [5, 5.41) is 7.12. The van der Waals surface area contributed by atoms with Gasteiger partial charge in [-0.3, -0.25) is 9.78 Å². The van der Waals surface area contributed by atoms with Gasteiger partial charge in [0.2, 0.25) is 5.95 Å². The summed E-state index contributed by atoms with van der Waals surface area (Å²) in [6.07, 6.45) is 3.47. The normalized spacial score (nSPS) is 20.9. The Hall–Kier alpha value is -3.24. The smallest absolute Gasteiger partial charge is 0.475 e. The van der Waals surface area contributed by atoms with E-state index in [4.69, 9.17) is 9.90 Å². The lowest BCUT2D eigenvalue weighted by Crippen LogP contribution is -2.46. The number of amides is 1. The first-order chi connectivity index (χ1) is 14.7. The number of carboxylic acid groups (broad SMARTS) is 1. The first-order valence-electron chi connectivity index (χ1n) is 9.73. The molecule has 1 unspecified atom stereocenters. The molecule has 0 bridgehead atoms. The predicted molar refractivity (Wildman–Crippen MR) is 104 cm³/mol. The summed E-state index contributed by atoms with van der Waals surface area (Å²) in [6, 6.07) is 7.33. The number of carbonyl (C=O) groups excluding carboxylic acids is 1. The molecule has 166 valence electrons. The number of rotatable bonds is 2. The van der Waals surface area contributed by atoms with Gasteiger partial charge in [0.05, 0.1) is 0 Å². The molecule has 2 aromatic heterocycles. The van der Waals surface area contributed by atoms with E-state index in [1.165, 1.54) is 0 Å². The summed E-state index contributed by atoms with van der Waals surface area (Å²) in [5.41, 5.74) is 0.690. The molecule has 11 heteroatoms. The molecule has 0 aliphatic carbocycles. The molecule has 2 aliphatic heterocycles. The molecule has 1 spiro atoms. The number of aliphatic carboxylic acids is 1. The molecule has 0 radical (unpaired) electrons. The van der Waals surface area contributed by atoms with Crippen molar-refractivity contribution >= 4 is 17.8 Å². The maximum absolute atomic E-state index is 12.6. The van der Waals surface area contributed by atoms with Gasteiger partial charge >= 0.3 is 12.1 Å². The van der Waals surface area contributed by atoms with Crippen LogP contribution in [0.4, 0.5) is 19.1 Å². The van der Waals surface area contributed by atoms with Crippen molar-refractivity contribution in [3.8, 4) is 0 Å². The van der Waals surface area contributed by atoms with E-state index < -0.39 is 12.1 Å². The number of alkyl halides is 3. The van der Waals surface area contributed by atoms with Crippen LogP contribution in [0.15, 0.2) is 42.9 Å². The first-order valence-corrected chi connectivity index (χ1v) is 9.73. The minimum absolute atomic E-state index is 0.0422. The monoisotopic (exact) mass is 437 g/mol. The minimum Gasteiger partial charge on any atom is -0.475 e. The van der Waals surface area contributed by atoms with Crippen LogP contribution >= 0.6 is 0 Å². The zero-order chi connectivity index (χ0) is 22.5. The molecule has 8 nitrogen and oxygen atoms in total. The zero-order valence-electron chi connectivity index (χ0n) is 16.6. The number of hydrogen-bond donors (Lipinski definition) is 1. The zero-order valence-corrected chi connectivity index (χ0v) is 16.6. The molecule has 4 rings (SSSR count). The van der Waals surface area contributed by atoms with Gasteiger partial charge in [0.25, 0.3) is 5.91 Å². The van der Waals surface area contributed by atoms with E-state index in [0.29, 0.717) is 5.69 Å². The second kappa shape index (κ2) is 9.27. The maximum atomic E-state index is 12.6. The van der Waals surface area contributed by atoms with Crippen molar-refractivity contribution in [2.45, 2.75) is 25.4 Å². The quantitative estimate of drug-likeness (QED) is 0.771. The average Bonchev–Trinajstić information content (AvgIpc) is 3.17. The van der Waals surface area contributed by atoms with Crippen LogP contribution in [0, 0.1) is 5.41 Å². The molecule has 2 aliphatic rings. The number of carboxylic acids is 1. The number of halogens is 3. The molecule has 0 saturated carbocycles. The molecular weight excluding hydrogens is 415 g/mol. The Labute approximate surface area is 176 Å². The number of piperidine rings is 1. The van der Waals surface area contributed by atoms with Crippen LogP contribution in [0.1, 0.15) is 29.8 Å². The highest BCUT2D eigenvalue weighted by atomic mass is 19.4. The Balaban J connectivity index is 0.000000339. The van der Waals surface area contributed by atoms with Crippen LogP contribution in [0.5, 0.6) is 0 Å². The lowest BCUT2D eigenvalue weighted by Gasteiger charge is -2.40. The maximum Gasteiger partial charge on any atom is 0.490 e. The molecule has 1 atom stereocenters. The Morgan fingerprint density at radius 3 is 2.26 bits per heavy atom. The van der Waals surface area contributed by atoms with Gasteiger partial charge in [0, 0.05) is 50.2 Å². The van der Waals surface area contributed by atoms with Crippen molar-refractivity contribution in [3.63, 3.8) is 0 Å². The second-order valence-electron chi connectivity index (χ2n) is 7.57. The number of nitrogens with zero attached hydrogens (tertiary/aromatic N) is 5. The third-order valence-corrected chi connectivity index (χ3v) is 5.35. The van der Waals surface area contributed by atoms with Crippen molar-refractivity contribution in [1.29, 1.82) is 0 Å². The van der Waals surface area contributed by atoms with Crippen molar-refractivity contribution in [3.05, 3.63) is 48.5 Å². The van der Waals surface area contributed by atoms with Crippen molar-refractivity contribution in [1.82, 2.24) is 19.9 Å². The van der Waals surface area contributed by atoms with Crippen LogP contribution < -0.4 is 4.90 Å². The number of hydrogen-bond acceptors (Lipinski definition) is 6. The number of aromatic nitrogens is 3. The molecule has 1 amide bonds. The van der Waals surface area contributed by atoms with Gasteiger partial charge in [0.15, 0.2) is 0 Å². The van der Waals surface area contributed by atoms with Gasteiger partial charge in [-0.25, -0.2) is 14.8 Å². The molecule has 2 saturated heterocycles. The summed E-state index contributed by atoms with van der Waals surface area (Å²) in [7, 11) is 0. The Morgan fingerprint density at radius 2 is 1.65 bits per heavy atom. The lowest BCUT2D eigenvalue weighted by molar-refractivity contribution is -0.192. The topological polar surface area (TPSA) is 99.5 Å². The van der Waals surface area contributed by atoms with Gasteiger partial charge in [-0.2, -0.15) is 13.2 Å². The van der Waals surface area contributed by atoms with Gasteiger partial charge in [-0.15, -0.1) is 0 Å². The van der Waals surface area contributed by atoms with Gasteiger partial charge < -0.3 is 14.9 Å². The second-order valence-corrected chi connectivity index (χ2v) is 7.57. The number of pyridine rings is 1. The van der Waals surface area contributed by atoms with E-state index in [9.17, 15) is 18.0 Å². The molecule has 31 heavy (non-hydrogen) atoms. The van der Waals surface area contributed by atoms with E-state index in [-0.39, 0.29) is 11.3 Å². The van der Waals surface area contributed by atoms with E-state index >= 15 is 0 Å². The highest BCUT2D eigenvalue weighted by Crippen LogP contribution is 2.40. The predicted octanol–water partition coefficient (Wildman–Crippen LogP) is 2.64. The van der Waals surface area contributed by atoms with Crippen LogP contribution in [0.3, 0.4) is 0 Å². The summed E-state index contributed by atoms with van der Waals surface area (Å²) < 4.78 is 31.7.